The first-order valence-corrected chi connectivity index (χ1v) is 9.86. The van der Waals surface area contributed by atoms with Gasteiger partial charge in [-0.2, -0.15) is 13.2 Å². The number of benzene rings is 2. The van der Waals surface area contributed by atoms with Gasteiger partial charge in [-0.15, -0.1) is 0 Å². The van der Waals surface area contributed by atoms with Crippen LogP contribution in [0.15, 0.2) is 41.2 Å². The van der Waals surface area contributed by atoms with Crippen molar-refractivity contribution in [2.24, 2.45) is 0 Å². The fraction of sp³-hybridized carbons (Fsp3) is 0.348. The van der Waals surface area contributed by atoms with E-state index < -0.39 is 35.0 Å². The maximum absolute atomic E-state index is 13.7. The molecule has 0 saturated carbocycles. The van der Waals surface area contributed by atoms with Crippen molar-refractivity contribution in [2.75, 3.05) is 0 Å². The van der Waals surface area contributed by atoms with Gasteiger partial charge in [-0.1, -0.05) is 0 Å². The highest BCUT2D eigenvalue weighted by Crippen LogP contribution is 2.37. The zero-order valence-electron chi connectivity index (χ0n) is 18.3. The molecule has 2 aromatic carbocycles. The molecule has 0 amide bonds. The monoisotopic (exact) mass is 448 g/mol. The van der Waals surface area contributed by atoms with E-state index in [-0.39, 0.29) is 33.6 Å². The highest BCUT2D eigenvalue weighted by Gasteiger charge is 2.36. The van der Waals surface area contributed by atoms with Crippen LogP contribution in [0.4, 0.5) is 13.2 Å². The number of hydrogen-bond donors (Lipinski definition) is 1. The molecule has 0 bridgehead atoms. The van der Waals surface area contributed by atoms with Crippen LogP contribution in [0.25, 0.3) is 10.9 Å². The van der Waals surface area contributed by atoms with Crippen molar-refractivity contribution in [3.63, 3.8) is 0 Å². The number of H-pyrrole nitrogens is 1. The second kappa shape index (κ2) is 8.29. The molecule has 0 aliphatic heterocycles. The molecule has 1 N–H and O–H groups in total. The van der Waals surface area contributed by atoms with Gasteiger partial charge in [0.05, 0.1) is 22.0 Å². The molecule has 0 unspecified atom stereocenters. The predicted molar refractivity (Wildman–Crippen MR) is 113 cm³/mol. The summed E-state index contributed by atoms with van der Waals surface area (Å²) >= 11 is 0. The average Bonchev–Trinajstić information content (AvgIpc) is 2.65. The summed E-state index contributed by atoms with van der Waals surface area (Å²) < 4.78 is 52.2. The van der Waals surface area contributed by atoms with E-state index in [0.717, 1.165) is 12.1 Å². The lowest BCUT2D eigenvalue weighted by Crippen LogP contribution is -2.23. The number of nitrogens with zero attached hydrogens (tertiary/aromatic N) is 1. The molecule has 3 aromatic rings. The zero-order chi connectivity index (χ0) is 23.8. The molecule has 170 valence electrons. The molecule has 0 aliphatic rings. The lowest BCUT2D eigenvalue weighted by molar-refractivity contribution is -0.138. The second-order valence-electron chi connectivity index (χ2n) is 8.39. The normalized spacial score (nSPS) is 13.1. The lowest BCUT2D eigenvalue weighted by atomic mass is 9.99. The van der Waals surface area contributed by atoms with Crippen molar-refractivity contribution < 1.29 is 27.4 Å². The Bertz CT molecular complexity index is 1210. The first kappa shape index (κ1) is 23.3. The van der Waals surface area contributed by atoms with Gasteiger partial charge in [0.15, 0.2) is 0 Å². The molecule has 0 spiro atoms. The van der Waals surface area contributed by atoms with Crippen molar-refractivity contribution in [1.29, 1.82) is 0 Å². The summed E-state index contributed by atoms with van der Waals surface area (Å²) in [6, 6.07) is 7.91. The molecule has 1 aromatic heterocycles. The third-order valence-electron chi connectivity index (χ3n) is 4.54. The minimum absolute atomic E-state index is 0.0364. The number of alkyl halides is 3. The minimum Gasteiger partial charge on any atom is -0.486 e. The number of rotatable bonds is 4. The number of aromatic amines is 1. The standard InChI is InChI=1S/C23H23F3N2O4/c1-12(31-15-8-6-14(7-9-15)21(30)32-22(3,4)5)16-10-17-19(11-18(16)23(24,25)26)27-13(2)28-20(17)29/h6-12H,1-5H3,(H,27,28,29)/t12-/m0/s1. The third-order valence-corrected chi connectivity index (χ3v) is 4.54. The van der Waals surface area contributed by atoms with Crippen molar-refractivity contribution in [3.05, 3.63) is 69.3 Å². The van der Waals surface area contributed by atoms with Crippen LogP contribution in [0.3, 0.4) is 0 Å². The van der Waals surface area contributed by atoms with Crippen LogP contribution < -0.4 is 10.3 Å². The van der Waals surface area contributed by atoms with Gasteiger partial charge in [0.25, 0.3) is 5.56 Å². The zero-order valence-corrected chi connectivity index (χ0v) is 18.3. The SMILES string of the molecule is Cc1nc2cc(C(F)(F)F)c([C@H](C)Oc3ccc(C(=O)OC(C)(C)C)cc3)cc2c(=O)[nH]1. The fourth-order valence-electron chi connectivity index (χ4n) is 3.18. The Balaban J connectivity index is 1.93. The fourth-order valence-corrected chi connectivity index (χ4v) is 3.18. The third kappa shape index (κ3) is 5.27. The first-order chi connectivity index (χ1) is 14.7. The van der Waals surface area contributed by atoms with Gasteiger partial charge in [0, 0.05) is 5.56 Å². The molecule has 0 radical (unpaired) electrons. The molecule has 1 heterocycles. The molecule has 3 rings (SSSR count). The summed E-state index contributed by atoms with van der Waals surface area (Å²) in [5, 5.41) is 0.0364. The Morgan fingerprint density at radius 3 is 2.28 bits per heavy atom. The van der Waals surface area contributed by atoms with E-state index in [2.05, 4.69) is 9.97 Å². The molecule has 32 heavy (non-hydrogen) atoms. The van der Waals surface area contributed by atoms with E-state index in [0.29, 0.717) is 0 Å². The van der Waals surface area contributed by atoms with Crippen LogP contribution in [0.2, 0.25) is 0 Å². The Morgan fingerprint density at radius 2 is 1.72 bits per heavy atom. The summed E-state index contributed by atoms with van der Waals surface area (Å²) in [6.45, 7) is 8.18. The van der Waals surface area contributed by atoms with Crippen molar-refractivity contribution in [1.82, 2.24) is 9.97 Å². The number of aromatic nitrogens is 2. The molecule has 0 aliphatic carbocycles. The van der Waals surface area contributed by atoms with Gasteiger partial charge in [-0.25, -0.2) is 9.78 Å². The molecule has 9 heteroatoms. The van der Waals surface area contributed by atoms with Crippen LogP contribution in [-0.2, 0) is 10.9 Å². The average molecular weight is 448 g/mol. The lowest BCUT2D eigenvalue weighted by Gasteiger charge is -2.21. The minimum atomic E-state index is -4.67. The Hall–Kier alpha value is -3.36. The highest BCUT2D eigenvalue weighted by molar-refractivity contribution is 5.89. The first-order valence-electron chi connectivity index (χ1n) is 9.86. The smallest absolute Gasteiger partial charge is 0.416 e. The number of halogens is 3. The highest BCUT2D eigenvalue weighted by atomic mass is 19.4. The maximum Gasteiger partial charge on any atom is 0.416 e. The van der Waals surface area contributed by atoms with E-state index in [4.69, 9.17) is 9.47 Å². The van der Waals surface area contributed by atoms with Crippen LogP contribution in [0, 0.1) is 6.92 Å². The summed E-state index contributed by atoms with van der Waals surface area (Å²) in [7, 11) is 0. The number of ether oxygens (including phenoxy) is 2. The van der Waals surface area contributed by atoms with Crippen molar-refractivity contribution in [2.45, 2.75) is 52.5 Å². The van der Waals surface area contributed by atoms with Gasteiger partial charge in [-0.05, 0) is 71.0 Å². The van der Waals surface area contributed by atoms with Gasteiger partial charge < -0.3 is 14.5 Å². The van der Waals surface area contributed by atoms with E-state index >= 15 is 0 Å². The number of nitrogens with one attached hydrogen (secondary N) is 1. The van der Waals surface area contributed by atoms with Gasteiger partial charge >= 0.3 is 12.1 Å². The van der Waals surface area contributed by atoms with Crippen LogP contribution in [-0.4, -0.2) is 21.5 Å². The van der Waals surface area contributed by atoms with E-state index in [1.54, 1.807) is 20.8 Å². The van der Waals surface area contributed by atoms with Crippen LogP contribution >= 0.6 is 0 Å². The number of fused-ring (bicyclic) bond motifs is 1. The molecular formula is C23H23F3N2O4. The number of carbonyl (C=O) groups is 1. The van der Waals surface area contributed by atoms with E-state index in [9.17, 15) is 22.8 Å². The number of aryl methyl sites for hydroxylation is 1. The Labute approximate surface area is 182 Å². The molecule has 0 fully saturated rings. The molecule has 6 nitrogen and oxygen atoms in total. The maximum atomic E-state index is 13.7. The summed E-state index contributed by atoms with van der Waals surface area (Å²) in [5.74, 6) is -0.0419. The topological polar surface area (TPSA) is 81.3 Å². The second-order valence-corrected chi connectivity index (χ2v) is 8.39. The quantitative estimate of drug-likeness (QED) is 0.545. The number of carbonyl (C=O) groups excluding carboxylic acids is 1. The molecular weight excluding hydrogens is 425 g/mol. The predicted octanol–water partition coefficient (Wildman–Crippen LogP) is 5.35. The number of esters is 1. The molecule has 0 saturated heterocycles. The van der Waals surface area contributed by atoms with Crippen molar-refractivity contribution in [3.8, 4) is 5.75 Å². The Morgan fingerprint density at radius 1 is 1.09 bits per heavy atom. The van der Waals surface area contributed by atoms with Gasteiger partial charge in [0.2, 0.25) is 0 Å². The van der Waals surface area contributed by atoms with Crippen LogP contribution in [0.1, 0.15) is 61.1 Å². The van der Waals surface area contributed by atoms with Gasteiger partial charge in [-0.3, -0.25) is 4.79 Å². The van der Waals surface area contributed by atoms with Crippen molar-refractivity contribution >= 4 is 16.9 Å². The van der Waals surface area contributed by atoms with Gasteiger partial charge in [0.1, 0.15) is 23.3 Å². The van der Waals surface area contributed by atoms with E-state index in [1.165, 1.54) is 38.1 Å². The Kier molecular flexibility index (Phi) is 6.04. The summed E-state index contributed by atoms with van der Waals surface area (Å²) in [6.07, 6.45) is -5.70. The number of hydrogen-bond acceptors (Lipinski definition) is 5. The summed E-state index contributed by atoms with van der Waals surface area (Å²) in [5.41, 5.74) is -2.07. The summed E-state index contributed by atoms with van der Waals surface area (Å²) in [4.78, 5) is 30.9. The van der Waals surface area contributed by atoms with Crippen LogP contribution in [0.5, 0.6) is 5.75 Å². The largest absolute Gasteiger partial charge is 0.486 e. The van der Waals surface area contributed by atoms with E-state index in [1.807, 2.05) is 0 Å². The molecule has 1 atom stereocenters.